The van der Waals surface area contributed by atoms with Crippen LogP contribution in [0.3, 0.4) is 0 Å². The Hall–Kier alpha value is -2.11. The van der Waals surface area contributed by atoms with Crippen molar-refractivity contribution in [3.05, 3.63) is 47.9 Å². The van der Waals surface area contributed by atoms with E-state index >= 15 is 0 Å². The maximum Gasteiger partial charge on any atom is 0.185 e. The van der Waals surface area contributed by atoms with Gasteiger partial charge in [-0.25, -0.2) is 0 Å². The van der Waals surface area contributed by atoms with Gasteiger partial charge in [0.2, 0.25) is 0 Å². The number of thiophene rings is 1. The summed E-state index contributed by atoms with van der Waals surface area (Å²) < 4.78 is 10.8. The van der Waals surface area contributed by atoms with Gasteiger partial charge in [0.05, 0.1) is 9.75 Å². The minimum absolute atomic E-state index is 0.112. The molecule has 0 aromatic carbocycles. The molecule has 0 amide bonds. The summed E-state index contributed by atoms with van der Waals surface area (Å²) in [6.07, 6.45) is 0.679. The van der Waals surface area contributed by atoms with Gasteiger partial charge in [-0.2, -0.15) is 0 Å². The van der Waals surface area contributed by atoms with Crippen molar-refractivity contribution in [2.75, 3.05) is 0 Å². The zero-order valence-electron chi connectivity index (χ0n) is 9.83. The molecule has 3 aromatic heterocycles. The normalized spacial score (nSPS) is 10.8. The quantitative estimate of drug-likeness (QED) is 0.739. The Labute approximate surface area is 112 Å². The number of aliphatic hydroxyl groups excluding tert-OH is 1. The Balaban J connectivity index is 1.92. The summed E-state index contributed by atoms with van der Waals surface area (Å²) in [6.45, 7) is -0.112. The van der Waals surface area contributed by atoms with Crippen LogP contribution in [0.2, 0.25) is 0 Å². The molecule has 0 aliphatic heterocycles. The molecule has 1 N–H and O–H groups in total. The van der Waals surface area contributed by atoms with Gasteiger partial charge in [0.25, 0.3) is 0 Å². The molecule has 0 radical (unpaired) electrons. The van der Waals surface area contributed by atoms with Crippen LogP contribution in [0.15, 0.2) is 45.2 Å². The molecule has 0 fully saturated rings. The Kier molecular flexibility index (Phi) is 3.06. The van der Waals surface area contributed by atoms with Crippen LogP contribution in [0.4, 0.5) is 0 Å². The summed E-state index contributed by atoms with van der Waals surface area (Å²) in [6, 6.07) is 10.8. The lowest BCUT2D eigenvalue weighted by Crippen LogP contribution is -1.73. The second-order valence-corrected chi connectivity index (χ2v) is 4.99. The average molecular weight is 274 g/mol. The van der Waals surface area contributed by atoms with Gasteiger partial charge in [-0.05, 0) is 36.4 Å². The molecule has 3 aromatic rings. The molecule has 0 unspecified atom stereocenters. The lowest BCUT2D eigenvalue weighted by atomic mass is 10.3. The van der Waals surface area contributed by atoms with Crippen LogP contribution in [0, 0.1) is 0 Å². The summed E-state index contributed by atoms with van der Waals surface area (Å²) in [5.41, 5.74) is 0. The third kappa shape index (κ3) is 2.25. The molecule has 0 saturated carbocycles. The van der Waals surface area contributed by atoms with Crippen molar-refractivity contribution in [2.45, 2.75) is 6.61 Å². The predicted molar refractivity (Wildman–Crippen MR) is 71.0 cm³/mol. The van der Waals surface area contributed by atoms with E-state index in [1.807, 2.05) is 18.2 Å². The highest BCUT2D eigenvalue weighted by Gasteiger charge is 2.11. The Morgan fingerprint density at radius 3 is 2.26 bits per heavy atom. The lowest BCUT2D eigenvalue weighted by Gasteiger charge is -1.91. The van der Waals surface area contributed by atoms with Crippen molar-refractivity contribution in [1.82, 2.24) is 0 Å². The Morgan fingerprint density at radius 2 is 1.68 bits per heavy atom. The van der Waals surface area contributed by atoms with Crippen LogP contribution in [0.25, 0.3) is 21.3 Å². The smallest absolute Gasteiger partial charge is 0.185 e. The summed E-state index contributed by atoms with van der Waals surface area (Å²) in [5, 5.41) is 8.97. The molecule has 0 aliphatic carbocycles. The Bertz CT molecular complexity index is 704. The lowest BCUT2D eigenvalue weighted by molar-refractivity contribution is 0.110. The standard InChI is InChI=1S/C14H10O4S/c15-7-9-1-3-11(17-9)13-5-6-14(19-13)12-4-2-10(8-16)18-12/h1-7,16H,8H2. The number of hydrogen-bond donors (Lipinski definition) is 1. The van der Waals surface area contributed by atoms with E-state index in [2.05, 4.69) is 0 Å². The second kappa shape index (κ2) is 4.87. The first-order chi connectivity index (χ1) is 9.30. The second-order valence-electron chi connectivity index (χ2n) is 3.91. The van der Waals surface area contributed by atoms with Crippen LogP contribution < -0.4 is 0 Å². The van der Waals surface area contributed by atoms with Gasteiger partial charge in [-0.15, -0.1) is 11.3 Å². The largest absolute Gasteiger partial charge is 0.458 e. The first-order valence-electron chi connectivity index (χ1n) is 5.65. The topological polar surface area (TPSA) is 63.6 Å². The molecule has 0 atom stereocenters. The van der Waals surface area contributed by atoms with Crippen LogP contribution in [-0.2, 0) is 6.61 Å². The fourth-order valence-corrected chi connectivity index (χ4v) is 2.68. The molecule has 0 aliphatic rings. The maximum atomic E-state index is 10.6. The van der Waals surface area contributed by atoms with Gasteiger partial charge >= 0.3 is 0 Å². The van der Waals surface area contributed by atoms with E-state index in [4.69, 9.17) is 13.9 Å². The van der Waals surface area contributed by atoms with E-state index in [1.54, 1.807) is 18.2 Å². The van der Waals surface area contributed by atoms with Crippen molar-refractivity contribution < 1.29 is 18.7 Å². The first-order valence-corrected chi connectivity index (χ1v) is 6.47. The zero-order valence-corrected chi connectivity index (χ0v) is 10.6. The number of rotatable bonds is 4. The maximum absolute atomic E-state index is 10.6. The highest BCUT2D eigenvalue weighted by atomic mass is 32.1. The molecule has 3 rings (SSSR count). The number of furan rings is 2. The van der Waals surface area contributed by atoms with Crippen LogP contribution in [0.5, 0.6) is 0 Å². The van der Waals surface area contributed by atoms with Crippen molar-refractivity contribution in [1.29, 1.82) is 0 Å². The molecule has 5 heteroatoms. The van der Waals surface area contributed by atoms with E-state index in [0.29, 0.717) is 29.3 Å². The molecule has 3 heterocycles. The van der Waals surface area contributed by atoms with Crippen LogP contribution in [-0.4, -0.2) is 11.4 Å². The zero-order chi connectivity index (χ0) is 13.2. The van der Waals surface area contributed by atoms with Crippen LogP contribution in [0.1, 0.15) is 16.3 Å². The molecule has 4 nitrogen and oxygen atoms in total. The molecular weight excluding hydrogens is 264 g/mol. The van der Waals surface area contributed by atoms with Crippen molar-refractivity contribution in [3.63, 3.8) is 0 Å². The van der Waals surface area contributed by atoms with E-state index in [-0.39, 0.29) is 6.61 Å². The summed E-state index contributed by atoms with van der Waals surface area (Å²) >= 11 is 1.50. The number of hydrogen-bond acceptors (Lipinski definition) is 5. The molecule has 96 valence electrons. The van der Waals surface area contributed by atoms with Crippen molar-refractivity contribution in [3.8, 4) is 21.3 Å². The van der Waals surface area contributed by atoms with Gasteiger partial charge in [0.1, 0.15) is 23.9 Å². The van der Waals surface area contributed by atoms with E-state index < -0.39 is 0 Å². The highest BCUT2D eigenvalue weighted by Crippen LogP contribution is 2.35. The number of carbonyl (C=O) groups is 1. The summed E-state index contributed by atoms with van der Waals surface area (Å²) in [5.74, 6) is 2.21. The van der Waals surface area contributed by atoms with Gasteiger partial charge in [-0.3, -0.25) is 4.79 Å². The van der Waals surface area contributed by atoms with E-state index in [9.17, 15) is 4.79 Å². The molecule has 0 saturated heterocycles. The van der Waals surface area contributed by atoms with Crippen molar-refractivity contribution in [2.24, 2.45) is 0 Å². The summed E-state index contributed by atoms with van der Waals surface area (Å²) in [4.78, 5) is 12.4. The third-order valence-corrected chi connectivity index (χ3v) is 3.77. The van der Waals surface area contributed by atoms with E-state index in [1.165, 1.54) is 11.3 Å². The molecule has 0 bridgehead atoms. The minimum atomic E-state index is -0.112. The fraction of sp³-hybridized carbons (Fsp3) is 0.0714. The summed E-state index contributed by atoms with van der Waals surface area (Å²) in [7, 11) is 0. The van der Waals surface area contributed by atoms with E-state index in [0.717, 1.165) is 9.75 Å². The number of aliphatic hydroxyl groups is 1. The SMILES string of the molecule is O=Cc1ccc(-c2ccc(-c3ccc(CO)o3)s2)o1. The first kappa shape index (κ1) is 12.0. The number of aldehydes is 1. The van der Waals surface area contributed by atoms with Crippen molar-refractivity contribution >= 4 is 17.6 Å². The minimum Gasteiger partial charge on any atom is -0.458 e. The van der Waals surface area contributed by atoms with Gasteiger partial charge in [0.15, 0.2) is 12.0 Å². The monoisotopic (exact) mass is 274 g/mol. The van der Waals surface area contributed by atoms with Crippen LogP contribution >= 0.6 is 11.3 Å². The fourth-order valence-electron chi connectivity index (χ4n) is 1.75. The Morgan fingerprint density at radius 1 is 1.00 bits per heavy atom. The highest BCUT2D eigenvalue weighted by molar-refractivity contribution is 7.18. The molecular formula is C14H10O4S. The molecule has 19 heavy (non-hydrogen) atoms. The molecule has 0 spiro atoms. The van der Waals surface area contributed by atoms with Gasteiger partial charge < -0.3 is 13.9 Å². The number of carbonyl (C=O) groups excluding carboxylic acids is 1. The van der Waals surface area contributed by atoms with Gasteiger partial charge in [0, 0.05) is 0 Å². The third-order valence-electron chi connectivity index (χ3n) is 2.65. The predicted octanol–water partition coefficient (Wildman–Crippen LogP) is 3.57. The van der Waals surface area contributed by atoms with Gasteiger partial charge in [-0.1, -0.05) is 0 Å². The average Bonchev–Trinajstić information content (AvgIpc) is 3.16.